The van der Waals surface area contributed by atoms with Crippen molar-refractivity contribution < 1.29 is 9.84 Å². The second kappa shape index (κ2) is 5.45. The molecular weight excluding hydrogens is 176 g/mol. The first-order valence-corrected chi connectivity index (χ1v) is 4.72. The molecule has 1 N–H and O–H groups in total. The van der Waals surface area contributed by atoms with Crippen LogP contribution < -0.4 is 4.74 Å². The van der Waals surface area contributed by atoms with Crippen molar-refractivity contribution in [3.63, 3.8) is 0 Å². The number of benzene rings is 1. The maximum Gasteiger partial charge on any atom is 0.119 e. The Balaban J connectivity index is 2.45. The van der Waals surface area contributed by atoms with E-state index >= 15 is 0 Å². The van der Waals surface area contributed by atoms with E-state index in [-0.39, 0.29) is 0 Å². The zero-order valence-electron chi connectivity index (χ0n) is 8.60. The van der Waals surface area contributed by atoms with Crippen LogP contribution in [0.5, 0.6) is 5.75 Å². The van der Waals surface area contributed by atoms with E-state index in [1.54, 1.807) is 6.08 Å². The third-order valence-electron chi connectivity index (χ3n) is 1.82. The average Bonchev–Trinajstić information content (AvgIpc) is 2.15. The van der Waals surface area contributed by atoms with Crippen molar-refractivity contribution in [1.82, 2.24) is 0 Å². The molecule has 0 fully saturated rings. The summed E-state index contributed by atoms with van der Waals surface area (Å²) in [5, 5.41) is 9.37. The molecule has 1 aromatic rings. The number of rotatable bonds is 4. The fraction of sp³-hybridized carbons (Fsp3) is 0.333. The van der Waals surface area contributed by atoms with Crippen LogP contribution in [-0.4, -0.2) is 17.8 Å². The molecule has 2 heteroatoms. The number of ether oxygens (including phenoxy) is 1. The summed E-state index contributed by atoms with van der Waals surface area (Å²) in [7, 11) is 0. The van der Waals surface area contributed by atoms with Gasteiger partial charge in [0.2, 0.25) is 0 Å². The molecule has 1 aromatic carbocycles. The number of aliphatic hydroxyl groups is 1. The van der Waals surface area contributed by atoms with Crippen molar-refractivity contribution in [2.24, 2.45) is 0 Å². The van der Waals surface area contributed by atoms with E-state index in [1.165, 1.54) is 0 Å². The molecule has 0 bridgehead atoms. The monoisotopic (exact) mass is 192 g/mol. The van der Waals surface area contributed by atoms with Gasteiger partial charge in [0, 0.05) is 0 Å². The van der Waals surface area contributed by atoms with Crippen molar-refractivity contribution in [3.8, 4) is 5.75 Å². The van der Waals surface area contributed by atoms with Crippen LogP contribution in [0.1, 0.15) is 12.5 Å². The molecule has 0 saturated heterocycles. The molecule has 1 atom stereocenters. The van der Waals surface area contributed by atoms with Gasteiger partial charge in [-0.05, 0) is 31.5 Å². The molecule has 1 unspecified atom stereocenters. The van der Waals surface area contributed by atoms with Gasteiger partial charge in [0.15, 0.2) is 0 Å². The summed E-state index contributed by atoms with van der Waals surface area (Å²) in [6, 6.07) is 7.78. The predicted octanol–water partition coefficient (Wildman–Crippen LogP) is 2.31. The third kappa shape index (κ3) is 3.62. The summed E-state index contributed by atoms with van der Waals surface area (Å²) in [5.74, 6) is 0.800. The van der Waals surface area contributed by atoms with Crippen LogP contribution in [0.15, 0.2) is 36.4 Å². The molecule has 76 valence electrons. The minimum atomic E-state index is -0.527. The van der Waals surface area contributed by atoms with Gasteiger partial charge >= 0.3 is 0 Å². The van der Waals surface area contributed by atoms with E-state index in [4.69, 9.17) is 4.74 Å². The van der Waals surface area contributed by atoms with E-state index < -0.39 is 6.10 Å². The standard InChI is InChI=1S/C12H16O2/c1-3-5-11(13)9-14-12-7-4-6-10(2)8-12/h3-8,11,13H,9H2,1-2H3/b5-3+. The second-order valence-corrected chi connectivity index (χ2v) is 3.22. The topological polar surface area (TPSA) is 29.5 Å². The molecule has 0 saturated carbocycles. The summed E-state index contributed by atoms with van der Waals surface area (Å²) in [5.41, 5.74) is 1.16. The number of aryl methyl sites for hydroxylation is 1. The van der Waals surface area contributed by atoms with Crippen molar-refractivity contribution in [2.75, 3.05) is 6.61 Å². The van der Waals surface area contributed by atoms with Gasteiger partial charge in [-0.25, -0.2) is 0 Å². The number of allylic oxidation sites excluding steroid dienone is 1. The van der Waals surface area contributed by atoms with Crippen molar-refractivity contribution in [1.29, 1.82) is 0 Å². The fourth-order valence-electron chi connectivity index (χ4n) is 1.16. The zero-order valence-corrected chi connectivity index (χ0v) is 8.60. The third-order valence-corrected chi connectivity index (χ3v) is 1.82. The molecule has 14 heavy (non-hydrogen) atoms. The lowest BCUT2D eigenvalue weighted by Gasteiger charge is -2.09. The quantitative estimate of drug-likeness (QED) is 0.742. The normalized spacial score (nSPS) is 13.1. The maximum absolute atomic E-state index is 9.37. The Labute approximate surface area is 84.8 Å². The van der Waals surface area contributed by atoms with Crippen molar-refractivity contribution in [3.05, 3.63) is 42.0 Å². The Morgan fingerprint density at radius 1 is 1.50 bits per heavy atom. The highest BCUT2D eigenvalue weighted by atomic mass is 16.5. The number of aliphatic hydroxyl groups excluding tert-OH is 1. The molecule has 0 amide bonds. The average molecular weight is 192 g/mol. The molecule has 0 spiro atoms. The SMILES string of the molecule is C/C=C/C(O)COc1cccc(C)c1. The van der Waals surface area contributed by atoms with E-state index in [1.807, 2.05) is 44.2 Å². The smallest absolute Gasteiger partial charge is 0.119 e. The summed E-state index contributed by atoms with van der Waals surface area (Å²) in [6.07, 6.45) is 2.99. The van der Waals surface area contributed by atoms with Gasteiger partial charge in [-0.1, -0.05) is 24.3 Å². The lowest BCUT2D eigenvalue weighted by atomic mass is 10.2. The van der Waals surface area contributed by atoms with Gasteiger partial charge in [-0.3, -0.25) is 0 Å². The molecular formula is C12H16O2. The first kappa shape index (κ1) is 10.8. The van der Waals surface area contributed by atoms with Crippen LogP contribution in [-0.2, 0) is 0 Å². The second-order valence-electron chi connectivity index (χ2n) is 3.22. The maximum atomic E-state index is 9.37. The Bertz CT molecular complexity index is 305. The van der Waals surface area contributed by atoms with Crippen LogP contribution >= 0.6 is 0 Å². The molecule has 2 nitrogen and oxygen atoms in total. The van der Waals surface area contributed by atoms with E-state index in [2.05, 4.69) is 0 Å². The van der Waals surface area contributed by atoms with E-state index in [0.717, 1.165) is 11.3 Å². The zero-order chi connectivity index (χ0) is 10.4. The summed E-state index contributed by atoms with van der Waals surface area (Å²) >= 11 is 0. The Morgan fingerprint density at radius 3 is 2.93 bits per heavy atom. The van der Waals surface area contributed by atoms with Gasteiger partial charge in [-0.15, -0.1) is 0 Å². The minimum Gasteiger partial charge on any atom is -0.491 e. The van der Waals surface area contributed by atoms with Gasteiger partial charge in [-0.2, -0.15) is 0 Å². The van der Waals surface area contributed by atoms with E-state index in [9.17, 15) is 5.11 Å². The lowest BCUT2D eigenvalue weighted by Crippen LogP contribution is -2.14. The molecule has 0 heterocycles. The highest BCUT2D eigenvalue weighted by Crippen LogP contribution is 2.12. The summed E-state index contributed by atoms with van der Waals surface area (Å²) in [4.78, 5) is 0. The number of hydrogen-bond donors (Lipinski definition) is 1. The van der Waals surface area contributed by atoms with Crippen LogP contribution in [0.25, 0.3) is 0 Å². The van der Waals surface area contributed by atoms with Gasteiger partial charge in [0.05, 0.1) is 0 Å². The number of hydrogen-bond acceptors (Lipinski definition) is 2. The van der Waals surface area contributed by atoms with Crippen LogP contribution in [0, 0.1) is 6.92 Å². The first-order chi connectivity index (χ1) is 6.72. The Hall–Kier alpha value is -1.28. The van der Waals surface area contributed by atoms with Crippen LogP contribution in [0.4, 0.5) is 0 Å². The van der Waals surface area contributed by atoms with Crippen molar-refractivity contribution >= 4 is 0 Å². The largest absolute Gasteiger partial charge is 0.491 e. The van der Waals surface area contributed by atoms with Crippen LogP contribution in [0.3, 0.4) is 0 Å². The van der Waals surface area contributed by atoms with E-state index in [0.29, 0.717) is 6.61 Å². The molecule has 1 rings (SSSR count). The first-order valence-electron chi connectivity index (χ1n) is 4.72. The molecule has 0 aliphatic heterocycles. The highest BCUT2D eigenvalue weighted by molar-refractivity contribution is 5.27. The van der Waals surface area contributed by atoms with Gasteiger partial charge in [0.1, 0.15) is 18.5 Å². The molecule has 0 aliphatic carbocycles. The molecule has 0 aromatic heterocycles. The van der Waals surface area contributed by atoms with Gasteiger partial charge < -0.3 is 9.84 Å². The lowest BCUT2D eigenvalue weighted by molar-refractivity contribution is 0.144. The van der Waals surface area contributed by atoms with Crippen molar-refractivity contribution in [2.45, 2.75) is 20.0 Å². The highest BCUT2D eigenvalue weighted by Gasteiger charge is 1.99. The summed E-state index contributed by atoms with van der Waals surface area (Å²) < 4.78 is 5.40. The molecule has 0 radical (unpaired) electrons. The van der Waals surface area contributed by atoms with Gasteiger partial charge in [0.25, 0.3) is 0 Å². The minimum absolute atomic E-state index is 0.299. The fourth-order valence-corrected chi connectivity index (χ4v) is 1.16. The molecule has 0 aliphatic rings. The Morgan fingerprint density at radius 2 is 2.29 bits per heavy atom. The van der Waals surface area contributed by atoms with Crippen LogP contribution in [0.2, 0.25) is 0 Å². The predicted molar refractivity (Wildman–Crippen MR) is 57.5 cm³/mol. The Kier molecular flexibility index (Phi) is 4.20. The summed E-state index contributed by atoms with van der Waals surface area (Å²) in [6.45, 7) is 4.18.